The quantitative estimate of drug-likeness (QED) is 0.647. The third-order valence-corrected chi connectivity index (χ3v) is 1.95. The van der Waals surface area contributed by atoms with Crippen molar-refractivity contribution in [3.63, 3.8) is 0 Å². The number of aliphatic carboxylic acids is 1. The molecular weight excluding hydrogens is 289 g/mol. The highest BCUT2D eigenvalue weighted by molar-refractivity contribution is 5.71. The molecule has 1 heterocycles. The van der Waals surface area contributed by atoms with Gasteiger partial charge < -0.3 is 24.7 Å². The predicted molar refractivity (Wildman–Crippen MR) is 55.5 cm³/mol. The van der Waals surface area contributed by atoms with Crippen LogP contribution < -0.4 is 9.47 Å². The molecule has 110 valence electrons. The molecule has 0 aliphatic carbocycles. The van der Waals surface area contributed by atoms with Crippen molar-refractivity contribution in [3.05, 3.63) is 21.9 Å². The van der Waals surface area contributed by atoms with E-state index in [2.05, 4.69) is 14.5 Å². The number of methoxy groups -OCH3 is 1. The summed E-state index contributed by atoms with van der Waals surface area (Å²) >= 11 is 0. The smallest absolute Gasteiger partial charge is 0.489 e. The van der Waals surface area contributed by atoms with E-state index in [1.54, 1.807) is 0 Å². The molecule has 0 aromatic carbocycles. The maximum atomic E-state index is 12.2. The third kappa shape index (κ3) is 3.96. The number of nitrogens with zero attached hydrogens (tertiary/aromatic N) is 2. The van der Waals surface area contributed by atoms with Gasteiger partial charge in [0.05, 0.1) is 7.11 Å². The second-order valence-electron chi connectivity index (χ2n) is 3.33. The minimum absolute atomic E-state index is 0.566. The number of halogens is 3. The molecule has 0 aliphatic heterocycles. The van der Waals surface area contributed by atoms with Gasteiger partial charge in [-0.3, -0.25) is 4.79 Å². The fourth-order valence-electron chi connectivity index (χ4n) is 1.27. The highest BCUT2D eigenvalue weighted by Crippen LogP contribution is 2.34. The van der Waals surface area contributed by atoms with Gasteiger partial charge >= 0.3 is 18.1 Å². The Labute approximate surface area is 108 Å². The first-order chi connectivity index (χ1) is 9.14. The van der Waals surface area contributed by atoms with Gasteiger partial charge in [-0.05, 0) is 9.91 Å². The van der Waals surface area contributed by atoms with E-state index < -0.39 is 46.7 Å². The van der Waals surface area contributed by atoms with Gasteiger partial charge in [0.15, 0.2) is 5.75 Å². The third-order valence-electron chi connectivity index (χ3n) is 1.95. The topological polar surface area (TPSA) is 112 Å². The number of nitro groups is 1. The normalized spacial score (nSPS) is 11.0. The molecule has 1 aromatic rings. The Morgan fingerprint density at radius 2 is 2.10 bits per heavy atom. The molecule has 20 heavy (non-hydrogen) atoms. The Kier molecular flexibility index (Phi) is 4.32. The van der Waals surface area contributed by atoms with Gasteiger partial charge in [0, 0.05) is 6.07 Å². The van der Waals surface area contributed by atoms with Gasteiger partial charge in [0.25, 0.3) is 0 Å². The number of carboxylic acids is 1. The molecule has 0 fully saturated rings. The minimum atomic E-state index is -5.10. The minimum Gasteiger partial charge on any atom is -0.489 e. The maximum absolute atomic E-state index is 12.2. The van der Waals surface area contributed by atoms with Crippen LogP contribution in [0.1, 0.15) is 5.69 Å². The molecule has 1 rings (SSSR count). The summed E-state index contributed by atoms with van der Waals surface area (Å²) < 4.78 is 44.6. The van der Waals surface area contributed by atoms with Crippen molar-refractivity contribution in [2.24, 2.45) is 0 Å². The standard InChI is InChI=1S/C9H7F3N2O6/c1-19-6-3-5(20-9(10,11)12)4(2-7(15)16)13-8(6)14(17)18/h3H,2H2,1H3,(H,15,16). The van der Waals surface area contributed by atoms with Gasteiger partial charge in [-0.25, -0.2) is 0 Å². The molecule has 0 saturated carbocycles. The van der Waals surface area contributed by atoms with E-state index >= 15 is 0 Å². The summed E-state index contributed by atoms with van der Waals surface area (Å²) in [5.74, 6) is -3.98. The van der Waals surface area contributed by atoms with Gasteiger partial charge in [-0.15, -0.1) is 13.2 Å². The summed E-state index contributed by atoms with van der Waals surface area (Å²) in [5.41, 5.74) is -0.734. The Bertz CT molecular complexity index is 545. The second-order valence-corrected chi connectivity index (χ2v) is 3.33. The number of hydrogen-bond acceptors (Lipinski definition) is 6. The number of hydrogen-bond donors (Lipinski definition) is 1. The highest BCUT2D eigenvalue weighted by atomic mass is 19.4. The first kappa shape index (κ1) is 15.5. The van der Waals surface area contributed by atoms with Crippen LogP contribution in [0.3, 0.4) is 0 Å². The van der Waals surface area contributed by atoms with Gasteiger partial charge in [-0.2, -0.15) is 0 Å². The Morgan fingerprint density at radius 3 is 2.50 bits per heavy atom. The van der Waals surface area contributed by atoms with E-state index in [0.29, 0.717) is 6.07 Å². The molecule has 0 aliphatic rings. The number of pyridine rings is 1. The van der Waals surface area contributed by atoms with Crippen molar-refractivity contribution < 1.29 is 37.5 Å². The average Bonchev–Trinajstić information content (AvgIpc) is 2.27. The van der Waals surface area contributed by atoms with Crippen LogP contribution in [0.5, 0.6) is 11.5 Å². The summed E-state index contributed by atoms with van der Waals surface area (Å²) in [7, 11) is 0.984. The lowest BCUT2D eigenvalue weighted by molar-refractivity contribution is -0.390. The molecular formula is C9H7F3N2O6. The van der Waals surface area contributed by atoms with Crippen LogP contribution in [-0.2, 0) is 11.2 Å². The molecule has 0 amide bonds. The van der Waals surface area contributed by atoms with Crippen LogP contribution in [0.4, 0.5) is 19.0 Å². The molecule has 0 unspecified atom stereocenters. The first-order valence-electron chi connectivity index (χ1n) is 4.84. The molecule has 0 atom stereocenters. The predicted octanol–water partition coefficient (Wildman–Crippen LogP) is 1.52. The average molecular weight is 296 g/mol. The Hall–Kier alpha value is -2.59. The monoisotopic (exact) mass is 296 g/mol. The van der Waals surface area contributed by atoms with Gasteiger partial charge in [-0.1, -0.05) is 0 Å². The lowest BCUT2D eigenvalue weighted by Gasteiger charge is -2.11. The van der Waals surface area contributed by atoms with E-state index in [9.17, 15) is 28.1 Å². The van der Waals surface area contributed by atoms with Crippen LogP contribution in [-0.4, -0.2) is 34.5 Å². The molecule has 0 bridgehead atoms. The molecule has 0 spiro atoms. The summed E-state index contributed by atoms with van der Waals surface area (Å²) in [5, 5.41) is 19.2. The molecule has 1 N–H and O–H groups in total. The molecule has 0 radical (unpaired) electrons. The Morgan fingerprint density at radius 1 is 1.50 bits per heavy atom. The lowest BCUT2D eigenvalue weighted by atomic mass is 10.2. The van der Waals surface area contributed by atoms with Gasteiger partial charge in [0.1, 0.15) is 6.42 Å². The van der Waals surface area contributed by atoms with Crippen molar-refractivity contribution in [1.29, 1.82) is 0 Å². The highest BCUT2D eigenvalue weighted by Gasteiger charge is 2.35. The molecule has 1 aromatic heterocycles. The molecule has 11 heteroatoms. The van der Waals surface area contributed by atoms with Crippen LogP contribution in [0.25, 0.3) is 0 Å². The number of rotatable bonds is 5. The fourth-order valence-corrected chi connectivity index (χ4v) is 1.27. The van der Waals surface area contributed by atoms with Crippen molar-refractivity contribution in [2.75, 3.05) is 7.11 Å². The van der Waals surface area contributed by atoms with Crippen molar-refractivity contribution in [1.82, 2.24) is 4.98 Å². The Balaban J connectivity index is 3.38. The zero-order valence-corrected chi connectivity index (χ0v) is 9.80. The van der Waals surface area contributed by atoms with E-state index in [4.69, 9.17) is 5.11 Å². The van der Waals surface area contributed by atoms with Gasteiger partial charge in [0.2, 0.25) is 11.4 Å². The largest absolute Gasteiger partial charge is 0.573 e. The number of alkyl halides is 3. The molecule has 0 saturated heterocycles. The number of aromatic nitrogens is 1. The second kappa shape index (κ2) is 5.59. The summed E-state index contributed by atoms with van der Waals surface area (Å²) in [6.45, 7) is 0. The fraction of sp³-hybridized carbons (Fsp3) is 0.333. The number of carboxylic acid groups (broad SMARTS) is 1. The maximum Gasteiger partial charge on any atom is 0.573 e. The van der Waals surface area contributed by atoms with Crippen LogP contribution in [0.2, 0.25) is 0 Å². The number of ether oxygens (including phenoxy) is 2. The number of carbonyl (C=O) groups is 1. The zero-order chi connectivity index (χ0) is 15.5. The van der Waals surface area contributed by atoms with Crippen molar-refractivity contribution in [3.8, 4) is 11.5 Å². The summed E-state index contributed by atoms with van der Waals surface area (Å²) in [6, 6.07) is 0.566. The van der Waals surface area contributed by atoms with Crippen LogP contribution >= 0.6 is 0 Å². The van der Waals surface area contributed by atoms with Crippen molar-refractivity contribution in [2.45, 2.75) is 12.8 Å². The zero-order valence-electron chi connectivity index (χ0n) is 9.80. The molecule has 8 nitrogen and oxygen atoms in total. The first-order valence-corrected chi connectivity index (χ1v) is 4.84. The lowest BCUT2D eigenvalue weighted by Crippen LogP contribution is -2.19. The van der Waals surface area contributed by atoms with E-state index in [0.717, 1.165) is 7.11 Å². The summed E-state index contributed by atoms with van der Waals surface area (Å²) in [4.78, 5) is 23.4. The van der Waals surface area contributed by atoms with Crippen LogP contribution in [0, 0.1) is 10.1 Å². The SMILES string of the molecule is COc1cc(OC(F)(F)F)c(CC(=O)O)nc1[N+](=O)[O-]. The summed E-state index contributed by atoms with van der Waals surface area (Å²) in [6.07, 6.45) is -6.08. The van der Waals surface area contributed by atoms with E-state index in [-0.39, 0.29) is 0 Å². The van der Waals surface area contributed by atoms with Crippen LogP contribution in [0.15, 0.2) is 6.07 Å². The van der Waals surface area contributed by atoms with E-state index in [1.807, 2.05) is 0 Å². The van der Waals surface area contributed by atoms with Crippen molar-refractivity contribution >= 4 is 11.8 Å². The van der Waals surface area contributed by atoms with E-state index in [1.165, 1.54) is 0 Å².